The molecule has 0 aliphatic heterocycles. The zero-order valence-electron chi connectivity index (χ0n) is 11.1. The molecule has 1 aromatic carbocycles. The maximum Gasteiger partial charge on any atom is 0.130 e. The maximum absolute atomic E-state index is 4.37. The van der Waals surface area contributed by atoms with Crippen molar-refractivity contribution in [1.29, 1.82) is 0 Å². The fraction of sp³-hybridized carbons (Fsp3) is 0.267. The number of pyridine rings is 1. The molecule has 0 saturated carbocycles. The van der Waals surface area contributed by atoms with Crippen LogP contribution >= 0.6 is 15.9 Å². The van der Waals surface area contributed by atoms with E-state index in [0.29, 0.717) is 0 Å². The zero-order valence-corrected chi connectivity index (χ0v) is 12.7. The van der Waals surface area contributed by atoms with Crippen LogP contribution in [0, 0.1) is 27.7 Å². The third kappa shape index (κ3) is 2.72. The molecule has 0 aliphatic carbocycles. The van der Waals surface area contributed by atoms with Crippen molar-refractivity contribution in [2.75, 3.05) is 5.32 Å². The van der Waals surface area contributed by atoms with Crippen LogP contribution in [0.5, 0.6) is 0 Å². The number of anilines is 2. The molecule has 0 spiro atoms. The molecular weight excluding hydrogens is 288 g/mol. The molecule has 1 heterocycles. The second-order valence-electron chi connectivity index (χ2n) is 4.70. The lowest BCUT2D eigenvalue weighted by Crippen LogP contribution is -1.98. The first-order chi connectivity index (χ1) is 8.47. The van der Waals surface area contributed by atoms with Gasteiger partial charge in [0, 0.05) is 16.4 Å². The molecule has 1 N–H and O–H groups in total. The topological polar surface area (TPSA) is 24.9 Å². The molecule has 0 radical (unpaired) electrons. The molecular formula is C15H17BrN2. The first kappa shape index (κ1) is 13.1. The number of aromatic nitrogens is 1. The van der Waals surface area contributed by atoms with Crippen LogP contribution in [0.15, 0.2) is 28.9 Å². The number of rotatable bonds is 2. The summed E-state index contributed by atoms with van der Waals surface area (Å²) in [7, 11) is 0. The quantitative estimate of drug-likeness (QED) is 0.860. The Hall–Kier alpha value is -1.35. The van der Waals surface area contributed by atoms with Crippen molar-refractivity contribution in [1.82, 2.24) is 4.98 Å². The van der Waals surface area contributed by atoms with Crippen LogP contribution in [0.25, 0.3) is 0 Å². The Bertz CT molecular complexity index is 591. The van der Waals surface area contributed by atoms with Crippen molar-refractivity contribution in [3.05, 3.63) is 51.1 Å². The van der Waals surface area contributed by atoms with Crippen LogP contribution < -0.4 is 5.32 Å². The summed E-state index contributed by atoms with van der Waals surface area (Å²) < 4.78 is 1.03. The Morgan fingerprint density at radius 2 is 1.56 bits per heavy atom. The average molecular weight is 305 g/mol. The summed E-state index contributed by atoms with van der Waals surface area (Å²) in [5, 5.41) is 3.38. The van der Waals surface area contributed by atoms with Crippen LogP contribution in [0.4, 0.5) is 11.5 Å². The fourth-order valence-electron chi connectivity index (χ4n) is 1.84. The van der Waals surface area contributed by atoms with Crippen molar-refractivity contribution >= 4 is 27.4 Å². The van der Waals surface area contributed by atoms with Crippen molar-refractivity contribution in [2.24, 2.45) is 0 Å². The lowest BCUT2D eigenvalue weighted by atomic mass is 10.0. The van der Waals surface area contributed by atoms with Gasteiger partial charge in [-0.25, -0.2) is 4.98 Å². The number of aryl methyl sites for hydroxylation is 4. The first-order valence-electron chi connectivity index (χ1n) is 5.94. The van der Waals surface area contributed by atoms with Gasteiger partial charge in [0.2, 0.25) is 0 Å². The number of nitrogens with one attached hydrogen (secondary N) is 1. The molecule has 0 fully saturated rings. The Morgan fingerprint density at radius 3 is 2.22 bits per heavy atom. The van der Waals surface area contributed by atoms with E-state index in [1.165, 1.54) is 22.3 Å². The standard InChI is InChI=1S/C15H17BrN2/c1-9-5-12(4)14(6-10(9)2)18-15-7-11(3)13(16)8-17-15/h5-8H,1-4H3,(H,17,18). The molecule has 0 aliphatic rings. The van der Waals surface area contributed by atoms with Crippen molar-refractivity contribution < 1.29 is 0 Å². The Morgan fingerprint density at radius 1 is 0.889 bits per heavy atom. The van der Waals surface area contributed by atoms with E-state index >= 15 is 0 Å². The Labute approximate surface area is 117 Å². The summed E-state index contributed by atoms with van der Waals surface area (Å²) in [6.07, 6.45) is 1.83. The van der Waals surface area contributed by atoms with E-state index in [0.717, 1.165) is 16.0 Å². The average Bonchev–Trinajstić information content (AvgIpc) is 2.31. The van der Waals surface area contributed by atoms with Crippen molar-refractivity contribution in [3.8, 4) is 0 Å². The van der Waals surface area contributed by atoms with E-state index in [2.05, 4.69) is 66.1 Å². The number of hydrogen-bond donors (Lipinski definition) is 1. The molecule has 0 amide bonds. The van der Waals surface area contributed by atoms with E-state index in [-0.39, 0.29) is 0 Å². The molecule has 18 heavy (non-hydrogen) atoms. The molecule has 2 rings (SSSR count). The van der Waals surface area contributed by atoms with E-state index in [4.69, 9.17) is 0 Å². The third-order valence-corrected chi connectivity index (χ3v) is 3.98. The zero-order chi connectivity index (χ0) is 13.3. The van der Waals surface area contributed by atoms with Gasteiger partial charge in [-0.3, -0.25) is 0 Å². The van der Waals surface area contributed by atoms with E-state index in [1.807, 2.05) is 12.3 Å². The molecule has 0 saturated heterocycles. The normalized spacial score (nSPS) is 10.5. The smallest absolute Gasteiger partial charge is 0.130 e. The largest absolute Gasteiger partial charge is 0.340 e. The highest BCUT2D eigenvalue weighted by molar-refractivity contribution is 9.10. The minimum atomic E-state index is 0.877. The number of nitrogens with zero attached hydrogens (tertiary/aromatic N) is 1. The molecule has 0 bridgehead atoms. The molecule has 3 heteroatoms. The van der Waals surface area contributed by atoms with Gasteiger partial charge in [-0.05, 0) is 78.0 Å². The Balaban J connectivity index is 2.34. The van der Waals surface area contributed by atoms with Crippen LogP contribution in [0.3, 0.4) is 0 Å². The van der Waals surface area contributed by atoms with E-state index in [9.17, 15) is 0 Å². The highest BCUT2D eigenvalue weighted by Gasteiger charge is 2.04. The van der Waals surface area contributed by atoms with Crippen LogP contribution in [0.2, 0.25) is 0 Å². The second kappa shape index (κ2) is 5.11. The maximum atomic E-state index is 4.37. The summed E-state index contributed by atoms with van der Waals surface area (Å²) in [6.45, 7) is 8.43. The molecule has 2 nitrogen and oxygen atoms in total. The van der Waals surface area contributed by atoms with Gasteiger partial charge in [0.25, 0.3) is 0 Å². The summed E-state index contributed by atoms with van der Waals surface area (Å²) in [5.41, 5.74) is 6.14. The van der Waals surface area contributed by atoms with Crippen molar-refractivity contribution in [3.63, 3.8) is 0 Å². The minimum Gasteiger partial charge on any atom is -0.340 e. The van der Waals surface area contributed by atoms with Crippen LogP contribution in [-0.4, -0.2) is 4.98 Å². The van der Waals surface area contributed by atoms with Gasteiger partial charge >= 0.3 is 0 Å². The predicted molar refractivity (Wildman–Crippen MR) is 80.6 cm³/mol. The van der Waals surface area contributed by atoms with Crippen LogP contribution in [0.1, 0.15) is 22.3 Å². The first-order valence-corrected chi connectivity index (χ1v) is 6.73. The number of hydrogen-bond acceptors (Lipinski definition) is 2. The molecule has 94 valence electrons. The molecule has 0 unspecified atom stereocenters. The van der Waals surface area contributed by atoms with Crippen molar-refractivity contribution in [2.45, 2.75) is 27.7 Å². The monoisotopic (exact) mass is 304 g/mol. The predicted octanol–water partition coefficient (Wildman–Crippen LogP) is 4.82. The van der Waals surface area contributed by atoms with Gasteiger partial charge in [0.15, 0.2) is 0 Å². The fourth-order valence-corrected chi connectivity index (χ4v) is 2.06. The van der Waals surface area contributed by atoms with Gasteiger partial charge in [-0.1, -0.05) is 6.07 Å². The summed E-state index contributed by atoms with van der Waals surface area (Å²) >= 11 is 3.46. The van der Waals surface area contributed by atoms with Gasteiger partial charge in [-0.15, -0.1) is 0 Å². The molecule has 0 atom stereocenters. The summed E-state index contributed by atoms with van der Waals surface area (Å²) in [5.74, 6) is 0.877. The Kier molecular flexibility index (Phi) is 3.71. The second-order valence-corrected chi connectivity index (χ2v) is 5.55. The van der Waals surface area contributed by atoms with E-state index < -0.39 is 0 Å². The van der Waals surface area contributed by atoms with Gasteiger partial charge in [-0.2, -0.15) is 0 Å². The highest BCUT2D eigenvalue weighted by atomic mass is 79.9. The lowest BCUT2D eigenvalue weighted by Gasteiger charge is -2.12. The van der Waals surface area contributed by atoms with Gasteiger partial charge in [0.05, 0.1) is 0 Å². The van der Waals surface area contributed by atoms with Crippen LogP contribution in [-0.2, 0) is 0 Å². The highest BCUT2D eigenvalue weighted by Crippen LogP contribution is 2.25. The van der Waals surface area contributed by atoms with Gasteiger partial charge < -0.3 is 5.32 Å². The molecule has 1 aromatic heterocycles. The van der Waals surface area contributed by atoms with E-state index in [1.54, 1.807) is 0 Å². The molecule has 2 aromatic rings. The van der Waals surface area contributed by atoms with Gasteiger partial charge in [0.1, 0.15) is 5.82 Å². The number of benzene rings is 1. The summed E-state index contributed by atoms with van der Waals surface area (Å²) in [6, 6.07) is 6.41. The number of halogens is 1. The third-order valence-electron chi connectivity index (χ3n) is 3.15. The minimum absolute atomic E-state index is 0.877. The SMILES string of the molecule is Cc1cc(C)c(Nc2cc(C)c(Br)cn2)cc1C. The lowest BCUT2D eigenvalue weighted by molar-refractivity contribution is 1.23. The summed E-state index contributed by atoms with van der Waals surface area (Å²) in [4.78, 5) is 4.37.